The zero-order chi connectivity index (χ0) is 14.0. The van der Waals surface area contributed by atoms with E-state index in [9.17, 15) is 10.1 Å². The summed E-state index contributed by atoms with van der Waals surface area (Å²) < 4.78 is 0.782. The summed E-state index contributed by atoms with van der Waals surface area (Å²) in [6.07, 6.45) is 5.25. The first-order valence-corrected chi connectivity index (χ1v) is 7.41. The average molecular weight is 327 g/mol. The van der Waals surface area contributed by atoms with Gasteiger partial charge in [0.05, 0.1) is 4.92 Å². The van der Waals surface area contributed by atoms with Gasteiger partial charge < -0.3 is 5.73 Å². The van der Waals surface area contributed by atoms with Crippen molar-refractivity contribution in [3.8, 4) is 0 Å². The highest BCUT2D eigenvalue weighted by Crippen LogP contribution is 2.35. The van der Waals surface area contributed by atoms with Gasteiger partial charge in [0.1, 0.15) is 0 Å². The van der Waals surface area contributed by atoms with Crippen LogP contribution in [0.1, 0.15) is 38.2 Å². The monoisotopic (exact) mass is 326 g/mol. The molecular weight excluding hydrogens is 308 g/mol. The van der Waals surface area contributed by atoms with Crippen LogP contribution in [0, 0.1) is 16.0 Å². The summed E-state index contributed by atoms with van der Waals surface area (Å²) in [6.45, 7) is 2.24. The molecule has 0 spiro atoms. The number of rotatable bonds is 3. The van der Waals surface area contributed by atoms with Gasteiger partial charge in [-0.3, -0.25) is 10.1 Å². The molecule has 1 fully saturated rings. The quantitative estimate of drug-likeness (QED) is 0.678. The van der Waals surface area contributed by atoms with Crippen molar-refractivity contribution in [1.29, 1.82) is 0 Å². The molecule has 1 saturated carbocycles. The topological polar surface area (TPSA) is 69.2 Å². The summed E-state index contributed by atoms with van der Waals surface area (Å²) in [7, 11) is 0. The van der Waals surface area contributed by atoms with E-state index in [2.05, 4.69) is 22.9 Å². The van der Waals surface area contributed by atoms with Crippen LogP contribution in [0.5, 0.6) is 0 Å². The van der Waals surface area contributed by atoms with E-state index in [0.717, 1.165) is 29.3 Å². The maximum absolute atomic E-state index is 10.7. The molecule has 0 aromatic heterocycles. The molecule has 0 aliphatic heterocycles. The van der Waals surface area contributed by atoms with Crippen molar-refractivity contribution in [2.45, 2.75) is 44.6 Å². The molecule has 0 bridgehead atoms. The van der Waals surface area contributed by atoms with Crippen molar-refractivity contribution in [3.63, 3.8) is 0 Å². The second-order valence-electron chi connectivity index (χ2n) is 5.77. The summed E-state index contributed by atoms with van der Waals surface area (Å²) in [5, 5.41) is 10.7. The molecule has 1 aromatic rings. The molecule has 1 aliphatic carbocycles. The first-order chi connectivity index (χ1) is 8.89. The van der Waals surface area contributed by atoms with Gasteiger partial charge >= 0.3 is 0 Å². The Morgan fingerprint density at radius 3 is 2.89 bits per heavy atom. The minimum Gasteiger partial charge on any atom is -0.325 e. The second kappa shape index (κ2) is 5.59. The number of halogens is 1. The molecule has 0 amide bonds. The number of nitro benzene ring substituents is 1. The van der Waals surface area contributed by atoms with Crippen LogP contribution in [0.3, 0.4) is 0 Å². The van der Waals surface area contributed by atoms with Crippen LogP contribution in [-0.2, 0) is 6.42 Å². The van der Waals surface area contributed by atoms with E-state index in [1.165, 1.54) is 12.8 Å². The number of hydrogen-bond donors (Lipinski definition) is 1. The molecule has 104 valence electrons. The molecule has 0 heterocycles. The number of hydrogen-bond acceptors (Lipinski definition) is 3. The molecule has 2 atom stereocenters. The molecule has 2 N–H and O–H groups in total. The van der Waals surface area contributed by atoms with Crippen molar-refractivity contribution in [2.75, 3.05) is 0 Å². The van der Waals surface area contributed by atoms with Crippen LogP contribution >= 0.6 is 15.9 Å². The van der Waals surface area contributed by atoms with Crippen molar-refractivity contribution < 1.29 is 4.92 Å². The molecule has 2 rings (SSSR count). The Labute approximate surface area is 121 Å². The first kappa shape index (κ1) is 14.5. The van der Waals surface area contributed by atoms with E-state index in [4.69, 9.17) is 5.73 Å². The van der Waals surface area contributed by atoms with E-state index in [1.807, 2.05) is 6.07 Å². The molecular formula is C14H19BrN2O2. The number of nitro groups is 1. The highest BCUT2D eigenvalue weighted by Gasteiger charge is 2.31. The van der Waals surface area contributed by atoms with Gasteiger partial charge in [-0.2, -0.15) is 0 Å². The Bertz CT molecular complexity index is 492. The minimum absolute atomic E-state index is 0.110. The third-order valence-electron chi connectivity index (χ3n) is 3.92. The van der Waals surface area contributed by atoms with Gasteiger partial charge in [-0.1, -0.05) is 41.8 Å². The highest BCUT2D eigenvalue weighted by atomic mass is 79.9. The summed E-state index contributed by atoms with van der Waals surface area (Å²) in [5.41, 5.74) is 7.49. The van der Waals surface area contributed by atoms with Gasteiger partial charge in [0.2, 0.25) is 0 Å². The number of non-ortho nitro benzene ring substituents is 1. The molecule has 1 aliphatic rings. The molecule has 2 unspecified atom stereocenters. The van der Waals surface area contributed by atoms with Gasteiger partial charge in [-0.05, 0) is 30.7 Å². The summed E-state index contributed by atoms with van der Waals surface area (Å²) in [4.78, 5) is 10.3. The number of nitrogens with zero attached hydrogens (tertiary/aromatic N) is 1. The zero-order valence-corrected chi connectivity index (χ0v) is 12.6. The van der Waals surface area contributed by atoms with E-state index >= 15 is 0 Å². The largest absolute Gasteiger partial charge is 0.325 e. The second-order valence-corrected chi connectivity index (χ2v) is 6.63. The lowest BCUT2D eigenvalue weighted by Gasteiger charge is -2.37. The minimum atomic E-state index is -0.380. The van der Waals surface area contributed by atoms with Crippen molar-refractivity contribution >= 4 is 21.6 Å². The van der Waals surface area contributed by atoms with Gasteiger partial charge in [-0.15, -0.1) is 0 Å². The smallest absolute Gasteiger partial charge is 0.270 e. The van der Waals surface area contributed by atoms with Crippen LogP contribution in [0.15, 0.2) is 22.7 Å². The average Bonchev–Trinajstić information content (AvgIpc) is 2.31. The van der Waals surface area contributed by atoms with Crippen molar-refractivity contribution in [1.82, 2.24) is 0 Å². The third-order valence-corrected chi connectivity index (χ3v) is 4.65. The van der Waals surface area contributed by atoms with Gasteiger partial charge in [0.15, 0.2) is 0 Å². The lowest BCUT2D eigenvalue weighted by atomic mass is 9.74. The maximum atomic E-state index is 10.7. The van der Waals surface area contributed by atoms with Gasteiger partial charge in [-0.25, -0.2) is 0 Å². The third kappa shape index (κ3) is 3.54. The Morgan fingerprint density at radius 1 is 1.58 bits per heavy atom. The fourth-order valence-corrected chi connectivity index (χ4v) is 3.54. The lowest BCUT2D eigenvalue weighted by molar-refractivity contribution is -0.384. The summed E-state index contributed by atoms with van der Waals surface area (Å²) in [5.74, 6) is 0.663. The molecule has 4 nitrogen and oxygen atoms in total. The molecule has 19 heavy (non-hydrogen) atoms. The van der Waals surface area contributed by atoms with Gasteiger partial charge in [0.25, 0.3) is 5.69 Å². The first-order valence-electron chi connectivity index (χ1n) is 6.61. The Balaban J connectivity index is 2.16. The number of benzene rings is 1. The van der Waals surface area contributed by atoms with E-state index in [-0.39, 0.29) is 16.1 Å². The number of nitrogens with two attached hydrogens (primary N) is 1. The molecule has 5 heteroatoms. The van der Waals surface area contributed by atoms with Crippen LogP contribution in [0.2, 0.25) is 0 Å². The summed E-state index contributed by atoms with van der Waals surface area (Å²) >= 11 is 3.42. The van der Waals surface area contributed by atoms with Crippen LogP contribution in [0.25, 0.3) is 0 Å². The van der Waals surface area contributed by atoms with Gasteiger partial charge in [0, 0.05) is 22.1 Å². The van der Waals surface area contributed by atoms with E-state index in [0.29, 0.717) is 5.92 Å². The lowest BCUT2D eigenvalue weighted by Crippen LogP contribution is -2.45. The molecule has 0 radical (unpaired) electrons. The van der Waals surface area contributed by atoms with Crippen molar-refractivity contribution in [2.24, 2.45) is 11.7 Å². The predicted octanol–water partition coefficient (Wildman–Crippen LogP) is 3.81. The van der Waals surface area contributed by atoms with E-state index in [1.54, 1.807) is 12.1 Å². The Kier molecular flexibility index (Phi) is 4.26. The van der Waals surface area contributed by atoms with Crippen LogP contribution < -0.4 is 5.73 Å². The zero-order valence-electron chi connectivity index (χ0n) is 11.1. The Hall–Kier alpha value is -0.940. The van der Waals surface area contributed by atoms with E-state index < -0.39 is 0 Å². The van der Waals surface area contributed by atoms with Crippen LogP contribution in [-0.4, -0.2) is 10.5 Å². The highest BCUT2D eigenvalue weighted by molar-refractivity contribution is 9.10. The predicted molar refractivity (Wildman–Crippen MR) is 79.1 cm³/mol. The normalized spacial score (nSPS) is 27.2. The molecule has 0 saturated heterocycles. The van der Waals surface area contributed by atoms with Crippen LogP contribution in [0.4, 0.5) is 5.69 Å². The maximum Gasteiger partial charge on any atom is 0.270 e. The summed E-state index contributed by atoms with van der Waals surface area (Å²) in [6, 6.07) is 4.93. The Morgan fingerprint density at radius 2 is 2.32 bits per heavy atom. The van der Waals surface area contributed by atoms with Crippen molar-refractivity contribution in [3.05, 3.63) is 38.3 Å². The molecule has 1 aromatic carbocycles. The fraction of sp³-hybridized carbons (Fsp3) is 0.571. The SMILES string of the molecule is CC1CCCC(N)(Cc2ccc([N+](=O)[O-])cc2Br)C1. The fourth-order valence-electron chi connectivity index (χ4n) is 3.03. The standard InChI is InChI=1S/C14H19BrN2O2/c1-10-3-2-6-14(16,8-10)9-11-4-5-12(17(18)19)7-13(11)15/h4-5,7,10H,2-3,6,8-9,16H2,1H3.